The maximum Gasteiger partial charge on any atom is 0.122 e. The summed E-state index contributed by atoms with van der Waals surface area (Å²) >= 11 is 2.05. The molecule has 0 aromatic heterocycles. The molecule has 1 unspecified atom stereocenters. The first-order valence-electron chi connectivity index (χ1n) is 7.77. The molecule has 1 aliphatic carbocycles. The average molecular weight is 291 g/mol. The number of nitrogens with one attached hydrogen (secondary N) is 1. The van der Waals surface area contributed by atoms with E-state index in [1.54, 1.807) is 0 Å². The second-order valence-electron chi connectivity index (χ2n) is 6.16. The van der Waals surface area contributed by atoms with E-state index in [-0.39, 0.29) is 0 Å². The summed E-state index contributed by atoms with van der Waals surface area (Å²) in [5.74, 6) is 1.08. The van der Waals surface area contributed by atoms with E-state index in [9.17, 15) is 0 Å². The van der Waals surface area contributed by atoms with Crippen LogP contribution in [-0.2, 0) is 6.42 Å². The van der Waals surface area contributed by atoms with Crippen LogP contribution >= 0.6 is 11.8 Å². The summed E-state index contributed by atoms with van der Waals surface area (Å²) in [6.07, 6.45) is 8.85. The maximum atomic E-state index is 5.58. The molecule has 110 valence electrons. The number of benzene rings is 1. The highest BCUT2D eigenvalue weighted by molar-refractivity contribution is 8.00. The van der Waals surface area contributed by atoms with E-state index in [1.807, 2.05) is 0 Å². The molecule has 1 aromatic carbocycles. The van der Waals surface area contributed by atoms with Crippen LogP contribution in [0.4, 0.5) is 0 Å². The number of thioether (sulfide) groups is 1. The van der Waals surface area contributed by atoms with Gasteiger partial charge in [0.2, 0.25) is 0 Å². The number of ether oxygens (including phenoxy) is 1. The Kier molecular flexibility index (Phi) is 4.27. The van der Waals surface area contributed by atoms with Crippen molar-refractivity contribution >= 4 is 11.8 Å². The van der Waals surface area contributed by atoms with Crippen LogP contribution in [0.2, 0.25) is 0 Å². The fourth-order valence-corrected chi connectivity index (χ4v) is 4.33. The molecule has 1 saturated carbocycles. The van der Waals surface area contributed by atoms with Crippen LogP contribution in [-0.4, -0.2) is 24.2 Å². The topological polar surface area (TPSA) is 21.3 Å². The van der Waals surface area contributed by atoms with Gasteiger partial charge in [-0.3, -0.25) is 0 Å². The number of rotatable bonds is 5. The Bertz CT molecular complexity index is 468. The molecule has 1 atom stereocenters. The minimum Gasteiger partial charge on any atom is -0.493 e. The summed E-state index contributed by atoms with van der Waals surface area (Å²) in [4.78, 5) is 0. The lowest BCUT2D eigenvalue weighted by Gasteiger charge is -2.29. The van der Waals surface area contributed by atoms with Crippen molar-refractivity contribution in [3.8, 4) is 5.75 Å². The summed E-state index contributed by atoms with van der Waals surface area (Å²) in [6.45, 7) is 4.25. The minimum absolute atomic E-state index is 0.422. The zero-order valence-electron chi connectivity index (χ0n) is 12.6. The van der Waals surface area contributed by atoms with Crippen LogP contribution in [0.25, 0.3) is 0 Å². The van der Waals surface area contributed by atoms with E-state index in [4.69, 9.17) is 4.74 Å². The predicted molar refractivity (Wildman–Crippen MR) is 86.8 cm³/mol. The molecular weight excluding hydrogens is 266 g/mol. The molecule has 1 aliphatic heterocycles. The van der Waals surface area contributed by atoms with Gasteiger partial charge in [-0.05, 0) is 43.2 Å². The van der Waals surface area contributed by atoms with Gasteiger partial charge in [0.1, 0.15) is 5.75 Å². The Hall–Kier alpha value is -0.670. The molecule has 0 saturated heterocycles. The zero-order valence-corrected chi connectivity index (χ0v) is 13.4. The van der Waals surface area contributed by atoms with Gasteiger partial charge in [-0.1, -0.05) is 25.0 Å². The molecule has 1 fully saturated rings. The van der Waals surface area contributed by atoms with Crippen LogP contribution in [0.5, 0.6) is 5.75 Å². The maximum absolute atomic E-state index is 5.58. The Balaban J connectivity index is 1.63. The third kappa shape index (κ3) is 2.84. The van der Waals surface area contributed by atoms with Gasteiger partial charge in [0, 0.05) is 23.8 Å². The lowest BCUT2D eigenvalue weighted by atomic mass is 10.0. The van der Waals surface area contributed by atoms with Gasteiger partial charge in [-0.2, -0.15) is 11.8 Å². The molecule has 0 amide bonds. The normalized spacial score (nSPS) is 21.5. The van der Waals surface area contributed by atoms with Crippen LogP contribution in [0.15, 0.2) is 18.2 Å². The van der Waals surface area contributed by atoms with Crippen molar-refractivity contribution in [1.29, 1.82) is 0 Å². The molecule has 1 N–H and O–H groups in total. The summed E-state index contributed by atoms with van der Waals surface area (Å²) in [5, 5.41) is 3.76. The van der Waals surface area contributed by atoms with Gasteiger partial charge in [-0.25, -0.2) is 0 Å². The molecule has 0 bridgehead atoms. The van der Waals surface area contributed by atoms with Gasteiger partial charge < -0.3 is 10.1 Å². The largest absolute Gasteiger partial charge is 0.493 e. The highest BCUT2D eigenvalue weighted by Crippen LogP contribution is 2.40. The second kappa shape index (κ2) is 5.98. The molecule has 0 radical (unpaired) electrons. The number of fused-ring (bicyclic) bond motifs is 1. The lowest BCUT2D eigenvalue weighted by Crippen LogP contribution is -2.36. The van der Waals surface area contributed by atoms with E-state index < -0.39 is 0 Å². The SMILES string of the molecule is CSC1(CNC(C)c2ccc3c(c2)CCO3)CCCC1. The van der Waals surface area contributed by atoms with Crippen molar-refractivity contribution in [2.24, 2.45) is 0 Å². The van der Waals surface area contributed by atoms with Gasteiger partial charge in [0.05, 0.1) is 6.61 Å². The number of hydrogen-bond donors (Lipinski definition) is 1. The first-order valence-corrected chi connectivity index (χ1v) is 8.99. The third-order valence-corrected chi connectivity index (χ3v) is 6.31. The fraction of sp³-hybridized carbons (Fsp3) is 0.647. The standard InChI is InChI=1S/C17H25NOS/c1-13(18-12-17(20-2)8-3-4-9-17)14-5-6-16-15(11-14)7-10-19-16/h5-6,11,13,18H,3-4,7-10,12H2,1-2H3. The summed E-state index contributed by atoms with van der Waals surface area (Å²) in [6, 6.07) is 7.09. The molecule has 20 heavy (non-hydrogen) atoms. The van der Waals surface area contributed by atoms with Crippen LogP contribution in [0.1, 0.15) is 49.8 Å². The van der Waals surface area contributed by atoms with Crippen LogP contribution in [0, 0.1) is 0 Å². The van der Waals surface area contributed by atoms with Crippen LogP contribution < -0.4 is 10.1 Å². The zero-order chi connectivity index (χ0) is 14.0. The van der Waals surface area contributed by atoms with Crippen molar-refractivity contribution in [3.05, 3.63) is 29.3 Å². The highest BCUT2D eigenvalue weighted by Gasteiger charge is 2.33. The molecule has 0 spiro atoms. The van der Waals surface area contributed by atoms with Crippen molar-refractivity contribution in [2.75, 3.05) is 19.4 Å². The smallest absolute Gasteiger partial charge is 0.122 e. The van der Waals surface area contributed by atoms with Crippen molar-refractivity contribution in [1.82, 2.24) is 5.32 Å². The van der Waals surface area contributed by atoms with Crippen molar-refractivity contribution < 1.29 is 4.74 Å². The quantitative estimate of drug-likeness (QED) is 0.887. The lowest BCUT2D eigenvalue weighted by molar-refractivity contribution is 0.356. The Morgan fingerprint density at radius 2 is 2.15 bits per heavy atom. The van der Waals surface area contributed by atoms with E-state index in [1.165, 1.54) is 36.8 Å². The monoisotopic (exact) mass is 291 g/mol. The van der Waals surface area contributed by atoms with E-state index in [0.717, 1.165) is 25.3 Å². The number of hydrogen-bond acceptors (Lipinski definition) is 3. The first-order chi connectivity index (χ1) is 9.72. The van der Waals surface area contributed by atoms with E-state index >= 15 is 0 Å². The molecule has 1 aromatic rings. The van der Waals surface area contributed by atoms with Crippen LogP contribution in [0.3, 0.4) is 0 Å². The fourth-order valence-electron chi connectivity index (χ4n) is 3.41. The van der Waals surface area contributed by atoms with Gasteiger partial charge in [0.15, 0.2) is 0 Å². The summed E-state index contributed by atoms with van der Waals surface area (Å²) < 4.78 is 6.06. The molecular formula is C17H25NOS. The Morgan fingerprint density at radius 3 is 2.90 bits per heavy atom. The third-order valence-electron chi connectivity index (χ3n) is 4.89. The van der Waals surface area contributed by atoms with Crippen molar-refractivity contribution in [2.45, 2.75) is 49.8 Å². The molecule has 2 aliphatic rings. The van der Waals surface area contributed by atoms with Gasteiger partial charge in [-0.15, -0.1) is 0 Å². The second-order valence-corrected chi connectivity index (χ2v) is 7.44. The predicted octanol–water partition coefficient (Wildman–Crippen LogP) is 3.95. The van der Waals surface area contributed by atoms with E-state index in [2.05, 4.69) is 48.5 Å². The average Bonchev–Trinajstić information content (AvgIpc) is 3.13. The molecule has 1 heterocycles. The molecule has 3 rings (SSSR count). The molecule has 3 heteroatoms. The van der Waals surface area contributed by atoms with Gasteiger partial charge >= 0.3 is 0 Å². The van der Waals surface area contributed by atoms with Crippen molar-refractivity contribution in [3.63, 3.8) is 0 Å². The van der Waals surface area contributed by atoms with Gasteiger partial charge in [0.25, 0.3) is 0 Å². The first kappa shape index (κ1) is 14.3. The Labute approximate surface area is 126 Å². The minimum atomic E-state index is 0.422. The summed E-state index contributed by atoms with van der Waals surface area (Å²) in [5.41, 5.74) is 2.76. The highest BCUT2D eigenvalue weighted by atomic mass is 32.2. The Morgan fingerprint density at radius 1 is 1.35 bits per heavy atom. The van der Waals surface area contributed by atoms with E-state index in [0.29, 0.717) is 10.8 Å². The molecule has 2 nitrogen and oxygen atoms in total. The summed E-state index contributed by atoms with van der Waals surface area (Å²) in [7, 11) is 0.